The summed E-state index contributed by atoms with van der Waals surface area (Å²) in [6, 6.07) is 3.33. The fraction of sp³-hybridized carbons (Fsp3) is 0.667. The zero-order valence-corrected chi connectivity index (χ0v) is 11.7. The van der Waals surface area contributed by atoms with Crippen molar-refractivity contribution in [3.8, 4) is 0 Å². The first kappa shape index (κ1) is 14.1. The second kappa shape index (κ2) is 6.75. The minimum absolute atomic E-state index is 0.0157. The third kappa shape index (κ3) is 4.10. The van der Waals surface area contributed by atoms with Crippen molar-refractivity contribution in [2.24, 2.45) is 11.7 Å². The molecule has 1 saturated carbocycles. The molecule has 2 rings (SSSR count). The molecular weight excluding hydrogens is 240 g/mol. The number of furan rings is 1. The third-order valence-electron chi connectivity index (χ3n) is 3.98. The van der Waals surface area contributed by atoms with E-state index in [1.807, 2.05) is 12.1 Å². The van der Waals surface area contributed by atoms with Gasteiger partial charge in [-0.25, -0.2) is 0 Å². The number of carbonyl (C=O) groups is 1. The van der Waals surface area contributed by atoms with E-state index in [2.05, 4.69) is 0 Å². The highest BCUT2D eigenvalue weighted by Crippen LogP contribution is 2.27. The molecule has 0 radical (unpaired) electrons. The Labute approximate surface area is 114 Å². The average Bonchev–Trinajstić information content (AvgIpc) is 2.91. The molecule has 1 heterocycles. The van der Waals surface area contributed by atoms with Crippen LogP contribution in [0, 0.1) is 5.92 Å². The van der Waals surface area contributed by atoms with E-state index in [-0.39, 0.29) is 11.9 Å². The van der Waals surface area contributed by atoms with E-state index in [9.17, 15) is 4.79 Å². The van der Waals surface area contributed by atoms with E-state index < -0.39 is 0 Å². The van der Waals surface area contributed by atoms with Gasteiger partial charge in [-0.3, -0.25) is 4.79 Å². The minimum Gasteiger partial charge on any atom is -0.467 e. The quantitative estimate of drug-likeness (QED) is 0.889. The number of likely N-dealkylation sites (N-methyl/N-ethyl adjacent to an activating group) is 1. The van der Waals surface area contributed by atoms with Crippen LogP contribution in [0.1, 0.15) is 44.3 Å². The van der Waals surface area contributed by atoms with E-state index >= 15 is 0 Å². The average molecular weight is 264 g/mol. The van der Waals surface area contributed by atoms with Gasteiger partial charge in [0.25, 0.3) is 0 Å². The Morgan fingerprint density at radius 2 is 2.21 bits per heavy atom. The summed E-state index contributed by atoms with van der Waals surface area (Å²) < 4.78 is 5.25. The molecule has 106 valence electrons. The molecule has 1 fully saturated rings. The van der Waals surface area contributed by atoms with Crippen molar-refractivity contribution in [2.45, 2.75) is 51.1 Å². The van der Waals surface area contributed by atoms with E-state index in [1.54, 1.807) is 18.2 Å². The first-order chi connectivity index (χ1) is 9.16. The van der Waals surface area contributed by atoms with Crippen LogP contribution in [0.25, 0.3) is 0 Å². The Morgan fingerprint density at radius 3 is 2.84 bits per heavy atom. The third-order valence-corrected chi connectivity index (χ3v) is 3.98. The highest BCUT2D eigenvalue weighted by molar-refractivity contribution is 5.81. The van der Waals surface area contributed by atoms with E-state index in [4.69, 9.17) is 10.2 Å². The zero-order chi connectivity index (χ0) is 13.7. The summed E-state index contributed by atoms with van der Waals surface area (Å²) in [5, 5.41) is 0. The van der Waals surface area contributed by atoms with Crippen molar-refractivity contribution in [3.63, 3.8) is 0 Å². The van der Waals surface area contributed by atoms with Crippen molar-refractivity contribution < 1.29 is 9.21 Å². The van der Waals surface area contributed by atoms with Crippen LogP contribution in [-0.2, 0) is 11.3 Å². The van der Waals surface area contributed by atoms with Crippen LogP contribution in [0.2, 0.25) is 0 Å². The van der Waals surface area contributed by atoms with Crippen molar-refractivity contribution >= 4 is 5.91 Å². The maximum absolute atomic E-state index is 12.2. The lowest BCUT2D eigenvalue weighted by molar-refractivity contribution is -0.132. The maximum atomic E-state index is 12.2. The van der Waals surface area contributed by atoms with Crippen LogP contribution in [0.15, 0.2) is 22.8 Å². The molecule has 0 aliphatic heterocycles. The molecule has 19 heavy (non-hydrogen) atoms. The van der Waals surface area contributed by atoms with Crippen LogP contribution in [0.3, 0.4) is 0 Å². The van der Waals surface area contributed by atoms with E-state index in [0.29, 0.717) is 12.5 Å². The van der Waals surface area contributed by atoms with Gasteiger partial charge in [0, 0.05) is 7.05 Å². The topological polar surface area (TPSA) is 59.5 Å². The summed E-state index contributed by atoms with van der Waals surface area (Å²) >= 11 is 0. The monoisotopic (exact) mass is 264 g/mol. The Kier molecular flexibility index (Phi) is 5.02. The Balaban J connectivity index is 1.80. The molecule has 2 N–H and O–H groups in total. The van der Waals surface area contributed by atoms with Crippen molar-refractivity contribution in [1.29, 1.82) is 0 Å². The maximum Gasteiger partial charge on any atom is 0.239 e. The molecule has 1 aromatic rings. The molecule has 1 aliphatic rings. The molecule has 0 aromatic carbocycles. The molecule has 0 spiro atoms. The lowest BCUT2D eigenvalue weighted by Crippen LogP contribution is -2.42. The van der Waals surface area contributed by atoms with Crippen LogP contribution in [0.4, 0.5) is 0 Å². The summed E-state index contributed by atoms with van der Waals surface area (Å²) in [6.45, 7) is 0.490. The van der Waals surface area contributed by atoms with Crippen LogP contribution in [-0.4, -0.2) is 23.9 Å². The number of amides is 1. The molecule has 4 heteroatoms. The second-order valence-electron chi connectivity index (χ2n) is 5.62. The molecule has 0 bridgehead atoms. The molecular formula is C15H24N2O2. The van der Waals surface area contributed by atoms with Gasteiger partial charge in [-0.1, -0.05) is 32.1 Å². The number of nitrogens with two attached hydrogens (primary N) is 1. The number of carbonyl (C=O) groups excluding carboxylic acids is 1. The number of hydrogen-bond donors (Lipinski definition) is 1. The van der Waals surface area contributed by atoms with Gasteiger partial charge in [0.05, 0.1) is 18.8 Å². The van der Waals surface area contributed by atoms with Crippen molar-refractivity contribution in [2.75, 3.05) is 7.05 Å². The summed E-state index contributed by atoms with van der Waals surface area (Å²) in [6.07, 6.45) is 8.79. The Hall–Kier alpha value is -1.29. The van der Waals surface area contributed by atoms with Gasteiger partial charge in [-0.15, -0.1) is 0 Å². The molecule has 1 atom stereocenters. The highest BCUT2D eigenvalue weighted by Gasteiger charge is 2.23. The fourth-order valence-electron chi connectivity index (χ4n) is 2.88. The zero-order valence-electron chi connectivity index (χ0n) is 11.7. The predicted molar refractivity (Wildman–Crippen MR) is 74.3 cm³/mol. The van der Waals surface area contributed by atoms with Gasteiger partial charge < -0.3 is 15.1 Å². The van der Waals surface area contributed by atoms with Crippen LogP contribution in [0.5, 0.6) is 0 Å². The summed E-state index contributed by atoms with van der Waals surface area (Å²) in [5.41, 5.74) is 6.06. The van der Waals surface area contributed by atoms with Crippen LogP contribution >= 0.6 is 0 Å². The molecule has 1 aliphatic carbocycles. The normalized spacial score (nSPS) is 18.2. The largest absolute Gasteiger partial charge is 0.467 e. The summed E-state index contributed by atoms with van der Waals surface area (Å²) in [4.78, 5) is 13.9. The van der Waals surface area contributed by atoms with Gasteiger partial charge in [-0.2, -0.15) is 0 Å². The molecule has 0 saturated heterocycles. The Bertz CT molecular complexity index is 383. The SMILES string of the molecule is CN(Cc1ccco1)C(=O)C(N)CC1CCCCC1. The smallest absolute Gasteiger partial charge is 0.239 e. The standard InChI is InChI=1S/C15H24N2O2/c1-17(11-13-8-5-9-19-13)15(18)14(16)10-12-6-3-2-4-7-12/h5,8-9,12,14H,2-4,6-7,10-11,16H2,1H3. The van der Waals surface area contributed by atoms with Gasteiger partial charge >= 0.3 is 0 Å². The van der Waals surface area contributed by atoms with E-state index in [0.717, 1.165) is 12.2 Å². The number of nitrogens with zero attached hydrogens (tertiary/aromatic N) is 1. The molecule has 1 aromatic heterocycles. The van der Waals surface area contributed by atoms with Gasteiger partial charge in [-0.05, 0) is 24.5 Å². The van der Waals surface area contributed by atoms with Gasteiger partial charge in [0.2, 0.25) is 5.91 Å². The van der Waals surface area contributed by atoms with Crippen molar-refractivity contribution in [3.05, 3.63) is 24.2 Å². The van der Waals surface area contributed by atoms with E-state index in [1.165, 1.54) is 32.1 Å². The highest BCUT2D eigenvalue weighted by atomic mass is 16.3. The van der Waals surface area contributed by atoms with Crippen LogP contribution < -0.4 is 5.73 Å². The lowest BCUT2D eigenvalue weighted by Gasteiger charge is -2.26. The van der Waals surface area contributed by atoms with Gasteiger partial charge in [0.15, 0.2) is 0 Å². The molecule has 4 nitrogen and oxygen atoms in total. The fourth-order valence-corrected chi connectivity index (χ4v) is 2.88. The summed E-state index contributed by atoms with van der Waals surface area (Å²) in [7, 11) is 1.78. The lowest BCUT2D eigenvalue weighted by atomic mass is 9.85. The summed E-state index contributed by atoms with van der Waals surface area (Å²) in [5.74, 6) is 1.44. The molecule has 1 unspecified atom stereocenters. The first-order valence-corrected chi connectivity index (χ1v) is 7.19. The number of hydrogen-bond acceptors (Lipinski definition) is 3. The van der Waals surface area contributed by atoms with Crippen molar-refractivity contribution in [1.82, 2.24) is 4.90 Å². The van der Waals surface area contributed by atoms with Gasteiger partial charge in [0.1, 0.15) is 5.76 Å². The second-order valence-corrected chi connectivity index (χ2v) is 5.62. The minimum atomic E-state index is -0.372. The molecule has 1 amide bonds. The predicted octanol–water partition coefficient (Wildman–Crippen LogP) is 2.54. The Morgan fingerprint density at radius 1 is 1.47 bits per heavy atom. The number of rotatable bonds is 5. The first-order valence-electron chi connectivity index (χ1n) is 7.19.